The second-order valence-electron chi connectivity index (χ2n) is 7.54. The lowest BCUT2D eigenvalue weighted by molar-refractivity contribution is -0.122. The van der Waals surface area contributed by atoms with Crippen LogP contribution in [0.5, 0.6) is 0 Å². The number of aromatic nitrogens is 1. The van der Waals surface area contributed by atoms with E-state index in [9.17, 15) is 4.79 Å². The van der Waals surface area contributed by atoms with Gasteiger partial charge in [-0.2, -0.15) is 5.26 Å². The first-order valence-electron chi connectivity index (χ1n) is 9.21. The van der Waals surface area contributed by atoms with Crippen LogP contribution in [0.25, 0.3) is 0 Å². The number of carbonyl (C=O) groups excluding carboxylic acids is 1. The molecule has 0 aliphatic rings. The predicted octanol–water partition coefficient (Wildman–Crippen LogP) is 3.69. The summed E-state index contributed by atoms with van der Waals surface area (Å²) in [6, 6.07) is 11.0. The smallest absolute Gasteiger partial charge is 0.221 e. The van der Waals surface area contributed by atoms with Gasteiger partial charge in [-0.25, -0.2) is 4.99 Å². The van der Waals surface area contributed by atoms with Crippen molar-refractivity contribution in [1.29, 1.82) is 5.26 Å². The van der Waals surface area contributed by atoms with Crippen LogP contribution >= 0.6 is 11.6 Å². The number of benzene rings is 1. The molecule has 0 saturated carbocycles. The molecule has 29 heavy (non-hydrogen) atoms. The highest BCUT2D eigenvalue weighted by atomic mass is 35.5. The second kappa shape index (κ2) is 10.4. The Morgan fingerprint density at radius 3 is 2.59 bits per heavy atom. The average Bonchev–Trinajstić information content (AvgIpc) is 2.67. The Morgan fingerprint density at radius 1 is 1.28 bits per heavy atom. The highest BCUT2D eigenvalue weighted by Crippen LogP contribution is 2.21. The molecular formula is C21H25ClN6O. The van der Waals surface area contributed by atoms with Gasteiger partial charge in [0.05, 0.1) is 11.9 Å². The van der Waals surface area contributed by atoms with Crippen LogP contribution in [-0.2, 0) is 11.2 Å². The molecule has 1 atom stereocenters. The molecule has 0 aliphatic heterocycles. The minimum Gasteiger partial charge on any atom is -0.334 e. The van der Waals surface area contributed by atoms with Gasteiger partial charge < -0.3 is 10.6 Å². The third-order valence-corrected chi connectivity index (χ3v) is 4.28. The van der Waals surface area contributed by atoms with E-state index in [1.54, 1.807) is 36.7 Å². The maximum absolute atomic E-state index is 12.5. The fourth-order valence-electron chi connectivity index (χ4n) is 2.43. The standard InChI is InChI=1S/C21H25ClN6O/c1-21(2,3)19(27-18(29)11-8-15-6-9-16(22)10-7-15)28-20(25-14-23)26-17-5-4-12-24-13-17/h4-7,9-10,12-13,19H,8,11H2,1-3H3,(H,27,29)(H2,25,26,28). The molecule has 1 aromatic carbocycles. The van der Waals surface area contributed by atoms with Crippen molar-refractivity contribution in [1.82, 2.24) is 15.6 Å². The number of carbonyl (C=O) groups is 1. The largest absolute Gasteiger partial charge is 0.334 e. The number of nitrogens with zero attached hydrogens (tertiary/aromatic N) is 3. The van der Waals surface area contributed by atoms with Crippen molar-refractivity contribution in [2.45, 2.75) is 39.8 Å². The summed E-state index contributed by atoms with van der Waals surface area (Å²) in [4.78, 5) is 21.1. The molecule has 152 valence electrons. The maximum atomic E-state index is 12.5. The van der Waals surface area contributed by atoms with Gasteiger partial charge in [0.15, 0.2) is 6.19 Å². The van der Waals surface area contributed by atoms with E-state index in [1.165, 1.54) is 0 Å². The number of aliphatic imine (C=N–C) groups is 1. The van der Waals surface area contributed by atoms with E-state index in [2.05, 4.69) is 25.9 Å². The predicted molar refractivity (Wildman–Crippen MR) is 115 cm³/mol. The molecule has 8 heteroatoms. The fourth-order valence-corrected chi connectivity index (χ4v) is 2.55. The molecule has 2 aromatic rings. The van der Waals surface area contributed by atoms with Gasteiger partial charge in [0.25, 0.3) is 0 Å². The zero-order valence-corrected chi connectivity index (χ0v) is 17.5. The lowest BCUT2D eigenvalue weighted by atomic mass is 9.92. The van der Waals surface area contributed by atoms with Gasteiger partial charge in [-0.15, -0.1) is 0 Å². The van der Waals surface area contributed by atoms with Crippen molar-refractivity contribution >= 4 is 29.2 Å². The number of anilines is 1. The van der Waals surface area contributed by atoms with E-state index in [-0.39, 0.29) is 17.3 Å². The van der Waals surface area contributed by atoms with Gasteiger partial charge in [-0.1, -0.05) is 44.5 Å². The Hall–Kier alpha value is -3.11. The first-order chi connectivity index (χ1) is 13.8. The Bertz CT molecular complexity index is 869. The molecule has 1 aromatic heterocycles. The molecule has 0 radical (unpaired) electrons. The van der Waals surface area contributed by atoms with Crippen LogP contribution in [0.2, 0.25) is 5.02 Å². The van der Waals surface area contributed by atoms with Gasteiger partial charge in [-0.05, 0) is 36.2 Å². The number of guanidine groups is 1. The van der Waals surface area contributed by atoms with Gasteiger partial charge in [0, 0.05) is 23.1 Å². The number of halogens is 1. The number of amides is 1. The van der Waals surface area contributed by atoms with E-state index in [0.717, 1.165) is 5.56 Å². The molecule has 3 N–H and O–H groups in total. The van der Waals surface area contributed by atoms with E-state index < -0.39 is 6.17 Å². The molecule has 1 unspecified atom stereocenters. The molecule has 0 aliphatic carbocycles. The van der Waals surface area contributed by atoms with Crippen molar-refractivity contribution in [2.75, 3.05) is 5.32 Å². The molecule has 0 fully saturated rings. The summed E-state index contributed by atoms with van der Waals surface area (Å²) in [7, 11) is 0. The number of hydrogen-bond acceptors (Lipinski definition) is 4. The first kappa shape index (κ1) is 22.2. The molecule has 1 amide bonds. The van der Waals surface area contributed by atoms with Gasteiger partial charge in [0.1, 0.15) is 6.17 Å². The Morgan fingerprint density at radius 2 is 2.00 bits per heavy atom. The molecular weight excluding hydrogens is 388 g/mol. The van der Waals surface area contributed by atoms with E-state index >= 15 is 0 Å². The summed E-state index contributed by atoms with van der Waals surface area (Å²) in [5.41, 5.74) is 1.34. The third kappa shape index (κ3) is 7.80. The molecule has 7 nitrogen and oxygen atoms in total. The van der Waals surface area contributed by atoms with Crippen LogP contribution in [0, 0.1) is 16.9 Å². The van der Waals surface area contributed by atoms with Gasteiger partial charge >= 0.3 is 0 Å². The van der Waals surface area contributed by atoms with E-state index in [1.807, 2.05) is 39.1 Å². The Labute approximate surface area is 176 Å². The van der Waals surface area contributed by atoms with Crippen molar-refractivity contribution in [3.05, 3.63) is 59.4 Å². The number of rotatable bonds is 6. The highest BCUT2D eigenvalue weighted by Gasteiger charge is 2.26. The highest BCUT2D eigenvalue weighted by molar-refractivity contribution is 6.30. The van der Waals surface area contributed by atoms with Crippen LogP contribution < -0.4 is 16.0 Å². The average molecular weight is 413 g/mol. The lowest BCUT2D eigenvalue weighted by Gasteiger charge is -2.29. The topological polar surface area (TPSA) is 102 Å². The van der Waals surface area contributed by atoms with Crippen molar-refractivity contribution in [2.24, 2.45) is 10.4 Å². The maximum Gasteiger partial charge on any atom is 0.221 e. The summed E-state index contributed by atoms with van der Waals surface area (Å²) in [5.74, 6) is 0.111. The van der Waals surface area contributed by atoms with Crippen molar-refractivity contribution < 1.29 is 4.79 Å². The molecule has 2 rings (SSSR count). The minimum atomic E-state index is -0.541. The van der Waals surface area contributed by atoms with E-state index in [0.29, 0.717) is 23.6 Å². The number of nitriles is 1. The molecule has 0 saturated heterocycles. The second-order valence-corrected chi connectivity index (χ2v) is 7.98. The third-order valence-electron chi connectivity index (χ3n) is 4.03. The number of pyridine rings is 1. The molecule has 0 bridgehead atoms. The van der Waals surface area contributed by atoms with Crippen LogP contribution in [0.3, 0.4) is 0 Å². The van der Waals surface area contributed by atoms with Crippen LogP contribution in [-0.4, -0.2) is 23.0 Å². The summed E-state index contributed by atoms with van der Waals surface area (Å²) in [6.07, 6.45) is 5.51. The van der Waals surface area contributed by atoms with Gasteiger partial charge in [-0.3, -0.25) is 15.1 Å². The minimum absolute atomic E-state index is 0.124. The SMILES string of the molecule is CC(C)(C)C(N=C(NC#N)Nc1cccnc1)NC(=O)CCc1ccc(Cl)cc1. The van der Waals surface area contributed by atoms with Crippen molar-refractivity contribution in [3.63, 3.8) is 0 Å². The summed E-state index contributed by atoms with van der Waals surface area (Å²) in [6.45, 7) is 5.90. The zero-order chi connectivity index (χ0) is 21.3. The Balaban J connectivity index is 2.08. The van der Waals surface area contributed by atoms with Crippen LogP contribution in [0.15, 0.2) is 53.8 Å². The van der Waals surface area contributed by atoms with Crippen LogP contribution in [0.4, 0.5) is 5.69 Å². The number of aryl methyl sites for hydroxylation is 1. The van der Waals surface area contributed by atoms with Crippen LogP contribution in [0.1, 0.15) is 32.8 Å². The fraction of sp³-hybridized carbons (Fsp3) is 0.333. The quantitative estimate of drug-likeness (QED) is 0.290. The number of nitrogens with one attached hydrogen (secondary N) is 3. The monoisotopic (exact) mass is 412 g/mol. The molecule has 0 spiro atoms. The Kier molecular flexibility index (Phi) is 7.98. The first-order valence-corrected chi connectivity index (χ1v) is 9.59. The molecule has 1 heterocycles. The summed E-state index contributed by atoms with van der Waals surface area (Å²) in [5, 5.41) is 18.2. The van der Waals surface area contributed by atoms with Gasteiger partial charge in [0.2, 0.25) is 11.9 Å². The van der Waals surface area contributed by atoms with Crippen molar-refractivity contribution in [3.8, 4) is 6.19 Å². The summed E-state index contributed by atoms with van der Waals surface area (Å²) < 4.78 is 0. The zero-order valence-electron chi connectivity index (χ0n) is 16.7. The number of hydrogen-bond donors (Lipinski definition) is 3. The lowest BCUT2D eigenvalue weighted by Crippen LogP contribution is -2.44. The normalized spacial score (nSPS) is 12.6. The summed E-state index contributed by atoms with van der Waals surface area (Å²) >= 11 is 5.89. The van der Waals surface area contributed by atoms with E-state index in [4.69, 9.17) is 16.9 Å².